The Bertz CT molecular complexity index is 481. The van der Waals surface area contributed by atoms with Crippen molar-refractivity contribution in [3.63, 3.8) is 0 Å². The van der Waals surface area contributed by atoms with Crippen LogP contribution in [0, 0.1) is 13.8 Å². The zero-order valence-corrected chi connectivity index (χ0v) is 14.2. The van der Waals surface area contributed by atoms with Gasteiger partial charge >= 0.3 is 0 Å². The molecule has 0 saturated carbocycles. The molecule has 0 aliphatic carbocycles. The maximum atomic E-state index is 12.4. The summed E-state index contributed by atoms with van der Waals surface area (Å²) in [6, 6.07) is 2.50. The fourth-order valence-electron chi connectivity index (χ4n) is 3.31. The number of hydrogen-bond acceptors (Lipinski definition) is 3. The molecule has 118 valence electrons. The predicted octanol–water partition coefficient (Wildman–Crippen LogP) is 3.45. The van der Waals surface area contributed by atoms with Crippen LogP contribution in [0.15, 0.2) is 6.07 Å². The van der Waals surface area contributed by atoms with Gasteiger partial charge in [-0.1, -0.05) is 0 Å². The molecule has 2 atom stereocenters. The van der Waals surface area contributed by atoms with E-state index >= 15 is 0 Å². The van der Waals surface area contributed by atoms with E-state index in [0.717, 1.165) is 32.2 Å². The lowest BCUT2D eigenvalue weighted by Gasteiger charge is -2.25. The summed E-state index contributed by atoms with van der Waals surface area (Å²) in [4.78, 5) is 17.1. The molecule has 0 spiro atoms. The summed E-state index contributed by atoms with van der Waals surface area (Å²) in [6.45, 7) is 6.97. The van der Waals surface area contributed by atoms with E-state index in [0.29, 0.717) is 12.8 Å². The lowest BCUT2D eigenvalue weighted by Crippen LogP contribution is -2.37. The summed E-state index contributed by atoms with van der Waals surface area (Å²) in [5, 5.41) is 9.53. The summed E-state index contributed by atoms with van der Waals surface area (Å²) in [5.41, 5.74) is 1.40. The number of likely N-dealkylation sites (tertiary alicyclic amines) is 1. The fourth-order valence-corrected chi connectivity index (χ4v) is 4.28. The number of carbonyl (C=O) groups is 1. The van der Waals surface area contributed by atoms with Crippen LogP contribution in [0.4, 0.5) is 0 Å². The molecule has 3 nitrogen and oxygen atoms in total. The Morgan fingerprint density at radius 1 is 1.52 bits per heavy atom. The van der Waals surface area contributed by atoms with Crippen LogP contribution < -0.4 is 0 Å². The Labute approximate surface area is 132 Å². The summed E-state index contributed by atoms with van der Waals surface area (Å²) in [6.07, 6.45) is 5.06. The highest BCUT2D eigenvalue weighted by Crippen LogP contribution is 2.24. The first-order valence-corrected chi connectivity index (χ1v) is 8.82. The number of rotatable bonds is 6. The summed E-state index contributed by atoms with van der Waals surface area (Å²) in [7, 11) is 0. The van der Waals surface area contributed by atoms with Gasteiger partial charge in [0.15, 0.2) is 0 Å². The number of aryl methyl sites for hydroxylation is 3. The van der Waals surface area contributed by atoms with Crippen molar-refractivity contribution in [3.8, 4) is 0 Å². The third kappa shape index (κ3) is 4.55. The molecule has 1 aromatic heterocycles. The van der Waals surface area contributed by atoms with E-state index in [9.17, 15) is 9.90 Å². The minimum Gasteiger partial charge on any atom is -0.393 e. The molecule has 1 fully saturated rings. The van der Waals surface area contributed by atoms with Gasteiger partial charge < -0.3 is 10.0 Å². The number of carbonyl (C=O) groups excluding carboxylic acids is 1. The van der Waals surface area contributed by atoms with Crippen LogP contribution in [0.2, 0.25) is 0 Å². The second-order valence-electron chi connectivity index (χ2n) is 6.26. The van der Waals surface area contributed by atoms with Crippen molar-refractivity contribution in [2.45, 2.75) is 71.4 Å². The average molecular weight is 309 g/mol. The summed E-state index contributed by atoms with van der Waals surface area (Å²) in [5.74, 6) is 0.266. The van der Waals surface area contributed by atoms with Gasteiger partial charge in [0.1, 0.15) is 0 Å². The standard InChI is InChI=1S/C17H27NO2S/c1-12(19)10-16-7-5-9-18(16)17(20)8-4-6-15-11-13(2)21-14(15)3/h11-12,16,19H,4-10H2,1-3H3. The number of amides is 1. The molecule has 2 unspecified atom stereocenters. The Hall–Kier alpha value is -0.870. The third-order valence-electron chi connectivity index (χ3n) is 4.29. The molecule has 1 N–H and O–H groups in total. The molecule has 4 heteroatoms. The lowest BCUT2D eigenvalue weighted by atomic mass is 10.1. The molecular weight excluding hydrogens is 282 g/mol. The first-order chi connectivity index (χ1) is 9.97. The van der Waals surface area contributed by atoms with Crippen molar-refractivity contribution in [2.24, 2.45) is 0 Å². The smallest absolute Gasteiger partial charge is 0.222 e. The molecule has 0 bridgehead atoms. The fraction of sp³-hybridized carbons (Fsp3) is 0.706. The number of aliphatic hydroxyl groups excluding tert-OH is 1. The van der Waals surface area contributed by atoms with E-state index in [4.69, 9.17) is 0 Å². The van der Waals surface area contributed by atoms with Crippen LogP contribution in [0.3, 0.4) is 0 Å². The normalized spacial score (nSPS) is 20.0. The van der Waals surface area contributed by atoms with Crippen molar-refractivity contribution in [2.75, 3.05) is 6.54 Å². The van der Waals surface area contributed by atoms with Crippen molar-refractivity contribution in [1.29, 1.82) is 0 Å². The van der Waals surface area contributed by atoms with Gasteiger partial charge in [-0.15, -0.1) is 11.3 Å². The van der Waals surface area contributed by atoms with Crippen LogP contribution >= 0.6 is 11.3 Å². The number of aliphatic hydroxyl groups is 1. The van der Waals surface area contributed by atoms with Crippen LogP contribution in [0.25, 0.3) is 0 Å². The second kappa shape index (κ2) is 7.41. The van der Waals surface area contributed by atoms with Gasteiger partial charge in [-0.25, -0.2) is 0 Å². The SMILES string of the molecule is Cc1cc(CCCC(=O)N2CCCC2CC(C)O)c(C)s1. The van der Waals surface area contributed by atoms with Gasteiger partial charge in [0, 0.05) is 28.8 Å². The van der Waals surface area contributed by atoms with E-state index in [1.54, 1.807) is 0 Å². The molecular formula is C17H27NO2S. The zero-order valence-electron chi connectivity index (χ0n) is 13.4. The molecule has 1 aliphatic heterocycles. The van der Waals surface area contributed by atoms with E-state index in [1.165, 1.54) is 15.3 Å². The second-order valence-corrected chi connectivity index (χ2v) is 7.72. The van der Waals surface area contributed by atoms with Crippen LogP contribution in [-0.2, 0) is 11.2 Å². The Kier molecular flexibility index (Phi) is 5.82. The molecule has 21 heavy (non-hydrogen) atoms. The van der Waals surface area contributed by atoms with Crippen molar-refractivity contribution in [3.05, 3.63) is 21.4 Å². The quantitative estimate of drug-likeness (QED) is 0.874. The van der Waals surface area contributed by atoms with Crippen LogP contribution in [0.5, 0.6) is 0 Å². The minimum absolute atomic E-state index is 0.252. The zero-order chi connectivity index (χ0) is 15.4. The minimum atomic E-state index is -0.320. The Morgan fingerprint density at radius 2 is 2.29 bits per heavy atom. The molecule has 2 heterocycles. The van der Waals surface area contributed by atoms with Crippen LogP contribution in [-0.4, -0.2) is 34.6 Å². The van der Waals surface area contributed by atoms with Crippen molar-refractivity contribution >= 4 is 17.2 Å². The number of thiophene rings is 1. The summed E-state index contributed by atoms with van der Waals surface area (Å²) >= 11 is 1.84. The van der Waals surface area contributed by atoms with Gasteiger partial charge in [0.25, 0.3) is 0 Å². The topological polar surface area (TPSA) is 40.5 Å². The van der Waals surface area contributed by atoms with Crippen molar-refractivity contribution in [1.82, 2.24) is 4.90 Å². The van der Waals surface area contributed by atoms with Gasteiger partial charge in [0.05, 0.1) is 6.10 Å². The molecule has 0 aromatic carbocycles. The predicted molar refractivity (Wildman–Crippen MR) is 87.8 cm³/mol. The third-order valence-corrected chi connectivity index (χ3v) is 5.30. The maximum absolute atomic E-state index is 12.4. The highest BCUT2D eigenvalue weighted by Gasteiger charge is 2.28. The van der Waals surface area contributed by atoms with Gasteiger partial charge in [-0.3, -0.25) is 4.79 Å². The number of nitrogens with zero attached hydrogens (tertiary/aromatic N) is 1. The average Bonchev–Trinajstić information content (AvgIpc) is 2.96. The van der Waals surface area contributed by atoms with E-state index in [-0.39, 0.29) is 18.1 Å². The molecule has 1 amide bonds. The monoisotopic (exact) mass is 309 g/mol. The highest BCUT2D eigenvalue weighted by atomic mass is 32.1. The first kappa shape index (κ1) is 16.5. The van der Waals surface area contributed by atoms with Crippen LogP contribution in [0.1, 0.15) is 54.3 Å². The number of hydrogen-bond donors (Lipinski definition) is 1. The Morgan fingerprint density at radius 3 is 2.90 bits per heavy atom. The van der Waals surface area contributed by atoms with E-state index < -0.39 is 0 Å². The lowest BCUT2D eigenvalue weighted by molar-refractivity contribution is -0.132. The molecule has 1 aliphatic rings. The van der Waals surface area contributed by atoms with Gasteiger partial charge in [0.2, 0.25) is 5.91 Å². The molecule has 1 saturated heterocycles. The highest BCUT2D eigenvalue weighted by molar-refractivity contribution is 7.12. The first-order valence-electron chi connectivity index (χ1n) is 8.01. The maximum Gasteiger partial charge on any atom is 0.222 e. The van der Waals surface area contributed by atoms with Crippen molar-refractivity contribution < 1.29 is 9.90 Å². The molecule has 1 aromatic rings. The van der Waals surface area contributed by atoms with Gasteiger partial charge in [-0.05, 0) is 64.5 Å². The van der Waals surface area contributed by atoms with Gasteiger partial charge in [-0.2, -0.15) is 0 Å². The molecule has 0 radical (unpaired) electrons. The summed E-state index contributed by atoms with van der Waals surface area (Å²) < 4.78 is 0. The molecule has 2 rings (SSSR count). The largest absolute Gasteiger partial charge is 0.393 e. The van der Waals surface area contributed by atoms with E-state index in [1.807, 2.05) is 23.2 Å². The van der Waals surface area contributed by atoms with E-state index in [2.05, 4.69) is 19.9 Å². The Balaban J connectivity index is 1.80.